The summed E-state index contributed by atoms with van der Waals surface area (Å²) in [6, 6.07) is 11.3. The highest BCUT2D eigenvalue weighted by atomic mass is 32.2. The fraction of sp³-hybridized carbons (Fsp3) is 0.176. The molecule has 1 amide bonds. The first-order chi connectivity index (χ1) is 11.0. The zero-order valence-electron chi connectivity index (χ0n) is 12.8. The minimum atomic E-state index is -0.459. The summed E-state index contributed by atoms with van der Waals surface area (Å²) in [7, 11) is 1.30. The number of hydrogen-bond acceptors (Lipinski definition) is 4. The van der Waals surface area contributed by atoms with Crippen LogP contribution in [0, 0.1) is 12.7 Å². The Hall–Kier alpha value is -2.34. The molecule has 2 aromatic rings. The molecule has 6 heteroatoms. The molecule has 23 heavy (non-hydrogen) atoms. The summed E-state index contributed by atoms with van der Waals surface area (Å²) < 4.78 is 18.2. The quantitative estimate of drug-likeness (QED) is 0.670. The zero-order valence-corrected chi connectivity index (χ0v) is 13.6. The van der Waals surface area contributed by atoms with Gasteiger partial charge in [-0.1, -0.05) is 18.2 Å². The van der Waals surface area contributed by atoms with Crippen molar-refractivity contribution in [3.8, 4) is 0 Å². The summed E-state index contributed by atoms with van der Waals surface area (Å²) >= 11 is 1.12. The van der Waals surface area contributed by atoms with E-state index < -0.39 is 5.97 Å². The standard InChI is InChI=1S/C17H16FNO3S/c1-11-12(17(21)22-2)6-5-8-14(11)19-16(20)10-23-15-9-4-3-7-13(15)18/h3-9H,10H2,1-2H3,(H,19,20). The van der Waals surface area contributed by atoms with Crippen LogP contribution in [0.1, 0.15) is 15.9 Å². The lowest BCUT2D eigenvalue weighted by Gasteiger charge is -2.11. The molecule has 0 radical (unpaired) electrons. The predicted molar refractivity (Wildman–Crippen MR) is 88.3 cm³/mol. The number of rotatable bonds is 5. The molecule has 0 aliphatic rings. The lowest BCUT2D eigenvalue weighted by molar-refractivity contribution is -0.113. The molecule has 0 atom stereocenters. The first kappa shape index (κ1) is 17.0. The fourth-order valence-electron chi connectivity index (χ4n) is 1.99. The molecule has 1 N–H and O–H groups in total. The van der Waals surface area contributed by atoms with E-state index in [9.17, 15) is 14.0 Å². The third kappa shape index (κ3) is 4.32. The molecule has 0 unspecified atom stereocenters. The highest BCUT2D eigenvalue weighted by Gasteiger charge is 2.13. The molecule has 4 nitrogen and oxygen atoms in total. The Morgan fingerprint density at radius 1 is 1.17 bits per heavy atom. The first-order valence-electron chi connectivity index (χ1n) is 6.88. The van der Waals surface area contributed by atoms with E-state index in [4.69, 9.17) is 4.74 Å². The van der Waals surface area contributed by atoms with Gasteiger partial charge in [-0.2, -0.15) is 0 Å². The largest absolute Gasteiger partial charge is 0.465 e. The lowest BCUT2D eigenvalue weighted by Crippen LogP contribution is -2.16. The van der Waals surface area contributed by atoms with E-state index in [0.29, 0.717) is 21.7 Å². The second kappa shape index (κ2) is 7.78. The Morgan fingerprint density at radius 3 is 2.61 bits per heavy atom. The minimum Gasteiger partial charge on any atom is -0.465 e. The Kier molecular flexibility index (Phi) is 5.76. The average Bonchev–Trinajstić information content (AvgIpc) is 2.55. The molecule has 0 aliphatic carbocycles. The average molecular weight is 333 g/mol. The second-order valence-electron chi connectivity index (χ2n) is 4.74. The van der Waals surface area contributed by atoms with E-state index in [0.717, 1.165) is 11.8 Å². The molecule has 0 saturated heterocycles. The Morgan fingerprint density at radius 2 is 1.91 bits per heavy atom. The molecule has 0 fully saturated rings. The number of methoxy groups -OCH3 is 1. The smallest absolute Gasteiger partial charge is 0.338 e. The van der Waals surface area contributed by atoms with Gasteiger partial charge in [0, 0.05) is 10.6 Å². The molecular weight excluding hydrogens is 317 g/mol. The molecule has 0 bridgehead atoms. The van der Waals surface area contributed by atoms with Gasteiger partial charge in [-0.05, 0) is 36.8 Å². The number of halogens is 1. The number of benzene rings is 2. The van der Waals surface area contributed by atoms with Crippen molar-refractivity contribution in [3.63, 3.8) is 0 Å². The van der Waals surface area contributed by atoms with Gasteiger partial charge in [-0.25, -0.2) is 9.18 Å². The second-order valence-corrected chi connectivity index (χ2v) is 5.75. The molecule has 0 heterocycles. The van der Waals surface area contributed by atoms with Gasteiger partial charge in [0.05, 0.1) is 18.4 Å². The Labute approximate surface area is 138 Å². The van der Waals surface area contributed by atoms with E-state index in [2.05, 4.69) is 5.32 Å². The fourth-order valence-corrected chi connectivity index (χ4v) is 2.73. The third-order valence-corrected chi connectivity index (χ3v) is 4.26. The van der Waals surface area contributed by atoms with Crippen molar-refractivity contribution >= 4 is 29.3 Å². The molecule has 2 rings (SSSR count). The molecule has 0 saturated carbocycles. The maximum absolute atomic E-state index is 13.5. The van der Waals surface area contributed by atoms with Gasteiger partial charge >= 0.3 is 5.97 Å². The summed E-state index contributed by atoms with van der Waals surface area (Å²) in [4.78, 5) is 24.1. The van der Waals surface area contributed by atoms with Crippen LogP contribution in [-0.4, -0.2) is 24.7 Å². The molecule has 2 aromatic carbocycles. The van der Waals surface area contributed by atoms with Crippen molar-refractivity contribution in [3.05, 3.63) is 59.4 Å². The molecule has 0 spiro atoms. The highest BCUT2D eigenvalue weighted by Crippen LogP contribution is 2.23. The number of nitrogens with one attached hydrogen (secondary N) is 1. The van der Waals surface area contributed by atoms with Gasteiger partial charge in [0.1, 0.15) is 5.82 Å². The van der Waals surface area contributed by atoms with Crippen LogP contribution in [0.25, 0.3) is 0 Å². The normalized spacial score (nSPS) is 10.2. The summed E-state index contributed by atoms with van der Waals surface area (Å²) in [5.41, 5.74) is 1.56. The minimum absolute atomic E-state index is 0.0722. The summed E-state index contributed by atoms with van der Waals surface area (Å²) in [5.74, 6) is -1.01. The van der Waals surface area contributed by atoms with Crippen LogP contribution in [0.4, 0.5) is 10.1 Å². The third-order valence-electron chi connectivity index (χ3n) is 3.21. The number of amides is 1. The number of carbonyl (C=O) groups excluding carboxylic acids is 2. The van der Waals surface area contributed by atoms with E-state index in [1.807, 2.05) is 0 Å². The van der Waals surface area contributed by atoms with Crippen molar-refractivity contribution in [1.29, 1.82) is 0 Å². The van der Waals surface area contributed by atoms with Gasteiger partial charge in [-0.15, -0.1) is 11.8 Å². The van der Waals surface area contributed by atoms with Crippen LogP contribution in [0.2, 0.25) is 0 Å². The lowest BCUT2D eigenvalue weighted by atomic mass is 10.1. The maximum Gasteiger partial charge on any atom is 0.338 e. The Balaban J connectivity index is 2.03. The van der Waals surface area contributed by atoms with Crippen molar-refractivity contribution < 1.29 is 18.7 Å². The van der Waals surface area contributed by atoms with Gasteiger partial charge < -0.3 is 10.1 Å². The van der Waals surface area contributed by atoms with Crippen LogP contribution in [0.5, 0.6) is 0 Å². The summed E-state index contributed by atoms with van der Waals surface area (Å²) in [5, 5.41) is 2.73. The van der Waals surface area contributed by atoms with Crippen LogP contribution >= 0.6 is 11.8 Å². The van der Waals surface area contributed by atoms with E-state index in [1.54, 1.807) is 43.3 Å². The Bertz CT molecular complexity index is 734. The van der Waals surface area contributed by atoms with Gasteiger partial charge in [0.25, 0.3) is 0 Å². The van der Waals surface area contributed by atoms with Crippen LogP contribution in [-0.2, 0) is 9.53 Å². The van der Waals surface area contributed by atoms with E-state index in [-0.39, 0.29) is 17.5 Å². The monoisotopic (exact) mass is 333 g/mol. The topological polar surface area (TPSA) is 55.4 Å². The van der Waals surface area contributed by atoms with Crippen LogP contribution in [0.3, 0.4) is 0 Å². The first-order valence-corrected chi connectivity index (χ1v) is 7.86. The van der Waals surface area contributed by atoms with Gasteiger partial charge in [0.15, 0.2) is 0 Å². The van der Waals surface area contributed by atoms with Gasteiger partial charge in [0.2, 0.25) is 5.91 Å². The van der Waals surface area contributed by atoms with Crippen molar-refractivity contribution in [2.24, 2.45) is 0 Å². The van der Waals surface area contributed by atoms with Crippen molar-refractivity contribution in [2.75, 3.05) is 18.2 Å². The zero-order chi connectivity index (χ0) is 16.8. The predicted octanol–water partition coefficient (Wildman–Crippen LogP) is 3.65. The molecular formula is C17H16FNO3S. The number of ether oxygens (including phenoxy) is 1. The molecule has 0 aromatic heterocycles. The number of esters is 1. The highest BCUT2D eigenvalue weighted by molar-refractivity contribution is 8.00. The number of carbonyl (C=O) groups is 2. The van der Waals surface area contributed by atoms with Crippen molar-refractivity contribution in [1.82, 2.24) is 0 Å². The van der Waals surface area contributed by atoms with E-state index in [1.165, 1.54) is 13.2 Å². The number of anilines is 1. The summed E-state index contributed by atoms with van der Waals surface area (Å²) in [6.45, 7) is 1.73. The molecule has 0 aliphatic heterocycles. The van der Waals surface area contributed by atoms with Gasteiger partial charge in [-0.3, -0.25) is 4.79 Å². The van der Waals surface area contributed by atoms with E-state index >= 15 is 0 Å². The number of thioether (sulfide) groups is 1. The van der Waals surface area contributed by atoms with Crippen LogP contribution in [0.15, 0.2) is 47.4 Å². The van der Waals surface area contributed by atoms with Crippen molar-refractivity contribution in [2.45, 2.75) is 11.8 Å². The summed E-state index contributed by atoms with van der Waals surface area (Å²) in [6.07, 6.45) is 0. The van der Waals surface area contributed by atoms with Crippen LogP contribution < -0.4 is 5.32 Å². The number of hydrogen-bond donors (Lipinski definition) is 1. The molecule has 120 valence electrons. The SMILES string of the molecule is COC(=O)c1cccc(NC(=O)CSc2ccccc2F)c1C. The maximum atomic E-state index is 13.5.